The number of pyridine rings is 1. The van der Waals surface area contributed by atoms with E-state index in [0.717, 1.165) is 25.1 Å². The van der Waals surface area contributed by atoms with Crippen molar-refractivity contribution in [2.45, 2.75) is 18.9 Å². The first kappa shape index (κ1) is 12.6. The summed E-state index contributed by atoms with van der Waals surface area (Å²) in [6.07, 6.45) is 3.75. The first-order chi connectivity index (χ1) is 9.81. The van der Waals surface area contributed by atoms with Crippen LogP contribution in [-0.4, -0.2) is 11.5 Å². The molecule has 0 radical (unpaired) electrons. The van der Waals surface area contributed by atoms with Crippen LogP contribution in [0.4, 0.5) is 10.1 Å². The van der Waals surface area contributed by atoms with Crippen molar-refractivity contribution in [2.75, 3.05) is 11.4 Å². The van der Waals surface area contributed by atoms with Gasteiger partial charge in [-0.3, -0.25) is 4.98 Å². The molecule has 20 heavy (non-hydrogen) atoms. The fourth-order valence-electron chi connectivity index (χ4n) is 2.80. The average Bonchev–Trinajstić information content (AvgIpc) is 2.97. The number of hydrogen-bond donors (Lipinski definition) is 0. The summed E-state index contributed by atoms with van der Waals surface area (Å²) in [5.41, 5.74) is 1.76. The molecule has 0 aliphatic carbocycles. The predicted octanol–water partition coefficient (Wildman–Crippen LogP) is 3.43. The van der Waals surface area contributed by atoms with E-state index < -0.39 is 5.82 Å². The van der Waals surface area contributed by atoms with E-state index in [1.807, 2.05) is 30.3 Å². The second kappa shape index (κ2) is 5.30. The topological polar surface area (TPSA) is 39.9 Å². The Labute approximate surface area is 117 Å². The second-order valence-corrected chi connectivity index (χ2v) is 4.85. The lowest BCUT2D eigenvalue weighted by Crippen LogP contribution is -2.24. The van der Waals surface area contributed by atoms with Crippen LogP contribution in [0.2, 0.25) is 0 Å². The van der Waals surface area contributed by atoms with Crippen LogP contribution in [0, 0.1) is 17.1 Å². The highest BCUT2D eigenvalue weighted by Gasteiger charge is 2.29. The molecule has 2 aromatic rings. The Hall–Kier alpha value is -2.41. The van der Waals surface area contributed by atoms with Crippen molar-refractivity contribution in [3.63, 3.8) is 0 Å². The number of nitriles is 1. The zero-order valence-electron chi connectivity index (χ0n) is 11.0. The minimum Gasteiger partial charge on any atom is -0.362 e. The van der Waals surface area contributed by atoms with Gasteiger partial charge in [-0.2, -0.15) is 5.26 Å². The molecule has 4 heteroatoms. The third kappa shape index (κ3) is 2.12. The summed E-state index contributed by atoms with van der Waals surface area (Å²) in [5, 5.41) is 9.18. The van der Waals surface area contributed by atoms with Gasteiger partial charge in [-0.15, -0.1) is 0 Å². The van der Waals surface area contributed by atoms with Crippen molar-refractivity contribution in [3.05, 3.63) is 59.7 Å². The third-order valence-corrected chi connectivity index (χ3v) is 3.69. The maximum Gasteiger partial charge on any atom is 0.143 e. The monoisotopic (exact) mass is 267 g/mol. The standard InChI is InChI=1S/C16H14FN3/c17-13-5-3-7-15(12(13)11-18)20-10-4-8-16(20)14-6-1-2-9-19-14/h1-3,5-7,9,16H,4,8,10H2/t16-/m0/s1. The van der Waals surface area contributed by atoms with Crippen molar-refractivity contribution in [1.29, 1.82) is 5.26 Å². The molecule has 0 N–H and O–H groups in total. The van der Waals surface area contributed by atoms with E-state index >= 15 is 0 Å². The summed E-state index contributed by atoms with van der Waals surface area (Å²) in [6, 6.07) is 12.7. The summed E-state index contributed by atoms with van der Waals surface area (Å²) >= 11 is 0. The van der Waals surface area contributed by atoms with E-state index in [1.165, 1.54) is 6.07 Å². The van der Waals surface area contributed by atoms with E-state index in [2.05, 4.69) is 9.88 Å². The van der Waals surface area contributed by atoms with Crippen LogP contribution in [0.3, 0.4) is 0 Å². The molecule has 1 aromatic heterocycles. The van der Waals surface area contributed by atoms with Crippen LogP contribution in [0.5, 0.6) is 0 Å². The normalized spacial score (nSPS) is 18.0. The molecule has 1 aromatic carbocycles. The van der Waals surface area contributed by atoms with Gasteiger partial charge in [0.1, 0.15) is 17.4 Å². The van der Waals surface area contributed by atoms with Gasteiger partial charge >= 0.3 is 0 Å². The molecular weight excluding hydrogens is 253 g/mol. The fraction of sp³-hybridized carbons (Fsp3) is 0.250. The highest BCUT2D eigenvalue weighted by atomic mass is 19.1. The van der Waals surface area contributed by atoms with Crippen molar-refractivity contribution in [1.82, 2.24) is 4.98 Å². The lowest BCUT2D eigenvalue weighted by molar-refractivity contribution is 0.620. The maximum atomic E-state index is 13.8. The number of nitrogens with zero attached hydrogens (tertiary/aromatic N) is 3. The molecule has 0 amide bonds. The number of rotatable bonds is 2. The molecule has 1 saturated heterocycles. The van der Waals surface area contributed by atoms with E-state index in [0.29, 0.717) is 5.69 Å². The van der Waals surface area contributed by atoms with Crippen LogP contribution >= 0.6 is 0 Å². The number of aromatic nitrogens is 1. The highest BCUT2D eigenvalue weighted by Crippen LogP contribution is 2.37. The summed E-state index contributed by atoms with van der Waals surface area (Å²) in [5.74, 6) is -0.461. The molecule has 2 heterocycles. The van der Waals surface area contributed by atoms with Gasteiger partial charge < -0.3 is 4.90 Å². The lowest BCUT2D eigenvalue weighted by atomic mass is 10.1. The molecule has 0 unspecified atom stereocenters. The van der Waals surface area contributed by atoms with Crippen LogP contribution in [0.15, 0.2) is 42.6 Å². The number of benzene rings is 1. The molecule has 0 spiro atoms. The van der Waals surface area contributed by atoms with Crippen LogP contribution in [0.25, 0.3) is 0 Å². The van der Waals surface area contributed by atoms with Crippen LogP contribution < -0.4 is 4.90 Å². The fourth-order valence-corrected chi connectivity index (χ4v) is 2.80. The largest absolute Gasteiger partial charge is 0.362 e. The SMILES string of the molecule is N#Cc1c(F)cccc1N1CCC[C@H]1c1ccccn1. The van der Waals surface area contributed by atoms with Gasteiger partial charge in [-0.1, -0.05) is 12.1 Å². The Balaban J connectivity index is 2.02. The van der Waals surface area contributed by atoms with Crippen molar-refractivity contribution < 1.29 is 4.39 Å². The Morgan fingerprint density at radius 1 is 1.25 bits per heavy atom. The molecule has 3 rings (SSSR count). The Morgan fingerprint density at radius 2 is 2.15 bits per heavy atom. The minimum absolute atomic E-state index is 0.116. The maximum absolute atomic E-state index is 13.8. The zero-order valence-corrected chi connectivity index (χ0v) is 11.0. The lowest BCUT2D eigenvalue weighted by Gasteiger charge is -2.27. The highest BCUT2D eigenvalue weighted by molar-refractivity contribution is 5.61. The number of halogens is 1. The summed E-state index contributed by atoms with van der Waals surface area (Å²) < 4.78 is 13.8. The smallest absolute Gasteiger partial charge is 0.143 e. The van der Waals surface area contributed by atoms with Crippen molar-refractivity contribution >= 4 is 5.69 Å². The molecule has 0 saturated carbocycles. The van der Waals surface area contributed by atoms with Gasteiger partial charge in [-0.05, 0) is 37.1 Å². The van der Waals surface area contributed by atoms with E-state index in [-0.39, 0.29) is 11.6 Å². The summed E-state index contributed by atoms with van der Waals surface area (Å²) in [6.45, 7) is 0.819. The van der Waals surface area contributed by atoms with Crippen molar-refractivity contribution in [3.8, 4) is 6.07 Å². The molecule has 1 atom stereocenters. The van der Waals surface area contributed by atoms with Crippen LogP contribution in [-0.2, 0) is 0 Å². The first-order valence-corrected chi connectivity index (χ1v) is 6.67. The number of anilines is 1. The third-order valence-electron chi connectivity index (χ3n) is 3.69. The van der Waals surface area contributed by atoms with Gasteiger partial charge in [0.05, 0.1) is 17.4 Å². The van der Waals surface area contributed by atoms with E-state index in [9.17, 15) is 9.65 Å². The molecule has 1 aliphatic rings. The first-order valence-electron chi connectivity index (χ1n) is 6.67. The average molecular weight is 267 g/mol. The quantitative estimate of drug-likeness (QED) is 0.836. The number of hydrogen-bond acceptors (Lipinski definition) is 3. The summed E-state index contributed by atoms with van der Waals surface area (Å²) in [4.78, 5) is 6.48. The van der Waals surface area contributed by atoms with Gasteiger partial charge in [0.2, 0.25) is 0 Å². The molecular formula is C16H14FN3. The molecule has 3 nitrogen and oxygen atoms in total. The Bertz CT molecular complexity index is 649. The molecule has 1 fully saturated rings. The Kier molecular flexibility index (Phi) is 3.34. The molecule has 1 aliphatic heterocycles. The van der Waals surface area contributed by atoms with Gasteiger partial charge in [0, 0.05) is 12.7 Å². The second-order valence-electron chi connectivity index (χ2n) is 4.85. The van der Waals surface area contributed by atoms with Gasteiger partial charge in [0.25, 0.3) is 0 Å². The molecule has 0 bridgehead atoms. The van der Waals surface area contributed by atoms with E-state index in [1.54, 1.807) is 12.3 Å². The zero-order chi connectivity index (χ0) is 13.9. The molecule has 100 valence electrons. The summed E-state index contributed by atoms with van der Waals surface area (Å²) in [7, 11) is 0. The minimum atomic E-state index is -0.461. The van der Waals surface area contributed by atoms with Gasteiger partial charge in [0.15, 0.2) is 0 Å². The predicted molar refractivity (Wildman–Crippen MR) is 74.7 cm³/mol. The van der Waals surface area contributed by atoms with Crippen molar-refractivity contribution in [2.24, 2.45) is 0 Å². The van der Waals surface area contributed by atoms with E-state index in [4.69, 9.17) is 0 Å². The Morgan fingerprint density at radius 3 is 2.90 bits per heavy atom. The van der Waals surface area contributed by atoms with Crippen LogP contribution in [0.1, 0.15) is 30.1 Å². The van der Waals surface area contributed by atoms with Gasteiger partial charge in [-0.25, -0.2) is 4.39 Å².